The fraction of sp³-hybridized carbons (Fsp3) is 0.120. The van der Waals surface area contributed by atoms with E-state index in [1.165, 1.54) is 0 Å². The van der Waals surface area contributed by atoms with E-state index in [0.29, 0.717) is 29.2 Å². The molecule has 0 radical (unpaired) electrons. The van der Waals surface area contributed by atoms with Gasteiger partial charge >= 0.3 is 0 Å². The first kappa shape index (κ1) is 19.7. The molecule has 0 N–H and O–H groups in total. The Morgan fingerprint density at radius 2 is 1.78 bits per heavy atom. The predicted octanol–water partition coefficient (Wildman–Crippen LogP) is 3.99. The Balaban J connectivity index is 1.73. The summed E-state index contributed by atoms with van der Waals surface area (Å²) in [6.07, 6.45) is 0. The third-order valence-corrected chi connectivity index (χ3v) is 5.46. The van der Waals surface area contributed by atoms with Crippen molar-refractivity contribution in [3.05, 3.63) is 82.6 Å². The summed E-state index contributed by atoms with van der Waals surface area (Å²) >= 11 is 0. The van der Waals surface area contributed by atoms with Crippen LogP contribution in [0.5, 0.6) is 23.0 Å². The van der Waals surface area contributed by atoms with E-state index in [1.54, 1.807) is 23.8 Å². The Kier molecular flexibility index (Phi) is 4.99. The van der Waals surface area contributed by atoms with Gasteiger partial charge in [0.25, 0.3) is 12.0 Å². The average Bonchev–Trinajstić information content (AvgIpc) is 3.30. The maximum Gasteiger partial charge on any atom is 0.298 e. The molecule has 1 aromatic heterocycles. The summed E-state index contributed by atoms with van der Waals surface area (Å²) in [5, 5.41) is 0.774. The van der Waals surface area contributed by atoms with E-state index >= 15 is 0 Å². The number of nitrogens with zero attached hydrogens (tertiary/aromatic N) is 1. The molecule has 0 spiro atoms. The molecule has 0 saturated carbocycles. The lowest BCUT2D eigenvalue weighted by Gasteiger charge is -2.17. The Bertz CT molecular complexity index is 1370. The zero-order valence-corrected chi connectivity index (χ0v) is 17.2. The van der Waals surface area contributed by atoms with E-state index in [1.807, 2.05) is 54.6 Å². The lowest BCUT2D eigenvalue weighted by Crippen LogP contribution is -2.24. The van der Waals surface area contributed by atoms with Crippen LogP contribution in [0, 0.1) is 0 Å². The minimum absolute atomic E-state index is 0.0360. The molecule has 1 aliphatic heterocycles. The second-order valence-electron chi connectivity index (χ2n) is 7.24. The third kappa shape index (κ3) is 3.33. The van der Waals surface area contributed by atoms with Crippen molar-refractivity contribution in [1.82, 2.24) is 4.57 Å². The van der Waals surface area contributed by atoms with E-state index in [0.717, 1.165) is 22.2 Å². The number of hydrogen-bond acceptors (Lipinski definition) is 6. The van der Waals surface area contributed by atoms with Crippen molar-refractivity contribution >= 4 is 17.4 Å². The molecule has 0 bridgehead atoms. The van der Waals surface area contributed by atoms with Gasteiger partial charge in [0, 0.05) is 10.9 Å². The number of pyridine rings is 1. The maximum atomic E-state index is 13.5. The molecule has 5 rings (SSSR count). The Morgan fingerprint density at radius 3 is 2.56 bits per heavy atom. The first-order valence-electron chi connectivity index (χ1n) is 9.98. The maximum absolute atomic E-state index is 13.5. The lowest BCUT2D eigenvalue weighted by atomic mass is 9.99. The number of hydrogen-bond donors (Lipinski definition) is 0. The van der Waals surface area contributed by atoms with Gasteiger partial charge in [0.2, 0.25) is 12.5 Å². The molecule has 7 nitrogen and oxygen atoms in total. The van der Waals surface area contributed by atoms with Gasteiger partial charge in [-0.05, 0) is 41.5 Å². The number of para-hydroxylation sites is 1. The van der Waals surface area contributed by atoms with Crippen molar-refractivity contribution in [2.45, 2.75) is 6.54 Å². The van der Waals surface area contributed by atoms with E-state index in [4.69, 9.17) is 18.9 Å². The van der Waals surface area contributed by atoms with Crippen LogP contribution in [0.15, 0.2) is 71.5 Å². The van der Waals surface area contributed by atoms with Crippen LogP contribution in [0.1, 0.15) is 5.56 Å². The largest absolute Gasteiger partial charge is 0.497 e. The number of methoxy groups -OCH3 is 1. The predicted molar refractivity (Wildman–Crippen MR) is 119 cm³/mol. The van der Waals surface area contributed by atoms with E-state index in [9.17, 15) is 9.59 Å². The van der Waals surface area contributed by atoms with E-state index in [-0.39, 0.29) is 19.0 Å². The highest BCUT2D eigenvalue weighted by Crippen LogP contribution is 2.40. The minimum Gasteiger partial charge on any atom is -0.497 e. The van der Waals surface area contributed by atoms with Crippen molar-refractivity contribution in [3.8, 4) is 34.1 Å². The van der Waals surface area contributed by atoms with Crippen molar-refractivity contribution in [2.24, 2.45) is 0 Å². The van der Waals surface area contributed by atoms with Gasteiger partial charge in [-0.3, -0.25) is 9.59 Å². The van der Waals surface area contributed by atoms with Crippen LogP contribution < -0.4 is 24.5 Å². The number of fused-ring (bicyclic) bond motifs is 2. The number of rotatable bonds is 6. The first-order valence-corrected chi connectivity index (χ1v) is 9.98. The second-order valence-corrected chi connectivity index (χ2v) is 7.24. The standard InChI is InChI=1S/C25H19NO6/c1-29-18-9-6-16(7-10-18)13-26-20-5-3-2-4-19(20)23(24(25(26)28)30-14-27)17-8-11-21-22(12-17)32-15-31-21/h2-12,14H,13,15H2,1H3. The molecular formula is C25H19NO6. The fourth-order valence-electron chi connectivity index (χ4n) is 3.95. The summed E-state index contributed by atoms with van der Waals surface area (Å²) in [5.41, 5.74) is 2.45. The van der Waals surface area contributed by atoms with Crippen molar-refractivity contribution in [1.29, 1.82) is 0 Å². The molecule has 0 fully saturated rings. The van der Waals surface area contributed by atoms with Gasteiger partial charge in [0.15, 0.2) is 11.5 Å². The Labute approximate surface area is 183 Å². The smallest absolute Gasteiger partial charge is 0.298 e. The van der Waals surface area contributed by atoms with Crippen LogP contribution >= 0.6 is 0 Å². The van der Waals surface area contributed by atoms with Crippen LogP contribution in [0.3, 0.4) is 0 Å². The third-order valence-electron chi connectivity index (χ3n) is 5.46. The lowest BCUT2D eigenvalue weighted by molar-refractivity contribution is -0.120. The SMILES string of the molecule is COc1ccc(Cn2c(=O)c(OC=O)c(-c3ccc4c(c3)OCO4)c3ccccc32)cc1. The van der Waals surface area contributed by atoms with Crippen LogP contribution in [0.4, 0.5) is 0 Å². The topological polar surface area (TPSA) is 76.0 Å². The highest BCUT2D eigenvalue weighted by atomic mass is 16.7. The van der Waals surface area contributed by atoms with E-state index in [2.05, 4.69) is 0 Å². The molecule has 160 valence electrons. The molecule has 0 unspecified atom stereocenters. The molecule has 3 aromatic carbocycles. The molecule has 2 heterocycles. The fourth-order valence-corrected chi connectivity index (χ4v) is 3.95. The molecule has 1 aliphatic rings. The monoisotopic (exact) mass is 429 g/mol. The quantitative estimate of drug-likeness (QED) is 0.432. The normalized spacial score (nSPS) is 12.0. The van der Waals surface area contributed by atoms with Gasteiger partial charge < -0.3 is 23.5 Å². The zero-order chi connectivity index (χ0) is 22.1. The molecule has 0 atom stereocenters. The van der Waals surface area contributed by atoms with Crippen LogP contribution in [-0.4, -0.2) is 24.9 Å². The van der Waals surface area contributed by atoms with Gasteiger partial charge in [-0.15, -0.1) is 0 Å². The average molecular weight is 429 g/mol. The van der Waals surface area contributed by atoms with Gasteiger partial charge in [0.1, 0.15) is 5.75 Å². The molecule has 32 heavy (non-hydrogen) atoms. The number of carbonyl (C=O) groups is 1. The second kappa shape index (κ2) is 8.11. The molecule has 4 aromatic rings. The van der Waals surface area contributed by atoms with Crippen molar-refractivity contribution in [3.63, 3.8) is 0 Å². The Hall–Kier alpha value is -4.26. The molecule has 0 aliphatic carbocycles. The molecular weight excluding hydrogens is 410 g/mol. The highest BCUT2D eigenvalue weighted by Gasteiger charge is 2.22. The molecule has 0 saturated heterocycles. The highest BCUT2D eigenvalue weighted by molar-refractivity contribution is 5.98. The van der Waals surface area contributed by atoms with Gasteiger partial charge in [-0.2, -0.15) is 0 Å². The van der Waals surface area contributed by atoms with E-state index < -0.39 is 5.56 Å². The van der Waals surface area contributed by atoms with Crippen molar-refractivity contribution in [2.75, 3.05) is 13.9 Å². The first-order chi connectivity index (χ1) is 15.7. The zero-order valence-electron chi connectivity index (χ0n) is 17.2. The number of benzene rings is 3. The van der Waals surface area contributed by atoms with Crippen molar-refractivity contribution < 1.29 is 23.7 Å². The summed E-state index contributed by atoms with van der Waals surface area (Å²) in [5.74, 6) is 1.90. The summed E-state index contributed by atoms with van der Waals surface area (Å²) in [6, 6.07) is 20.4. The minimum atomic E-state index is -0.403. The number of ether oxygens (including phenoxy) is 4. The van der Waals surface area contributed by atoms with Crippen LogP contribution in [0.2, 0.25) is 0 Å². The number of aromatic nitrogens is 1. The summed E-state index contributed by atoms with van der Waals surface area (Å²) in [7, 11) is 1.60. The van der Waals surface area contributed by atoms with Gasteiger partial charge in [0.05, 0.1) is 19.2 Å². The summed E-state index contributed by atoms with van der Waals surface area (Å²) in [4.78, 5) is 24.9. The van der Waals surface area contributed by atoms with Crippen LogP contribution in [0.25, 0.3) is 22.0 Å². The summed E-state index contributed by atoms with van der Waals surface area (Å²) in [6.45, 7) is 0.723. The molecule has 7 heteroatoms. The van der Waals surface area contributed by atoms with Gasteiger partial charge in [-0.1, -0.05) is 36.4 Å². The summed E-state index contributed by atoms with van der Waals surface area (Å²) < 4.78 is 23.0. The molecule has 0 amide bonds. The van der Waals surface area contributed by atoms with Gasteiger partial charge in [-0.25, -0.2) is 0 Å². The number of carbonyl (C=O) groups excluding carboxylic acids is 1. The van der Waals surface area contributed by atoms with Crippen LogP contribution in [-0.2, 0) is 11.3 Å². The Morgan fingerprint density at radius 1 is 1.00 bits per heavy atom.